The summed E-state index contributed by atoms with van der Waals surface area (Å²) < 4.78 is 24.2. The average molecular weight is 309 g/mol. The summed E-state index contributed by atoms with van der Waals surface area (Å²) in [5.74, 6) is 0.502. The molecule has 8 heteroatoms. The van der Waals surface area contributed by atoms with Gasteiger partial charge in [-0.1, -0.05) is 0 Å². The molecule has 114 valence electrons. The van der Waals surface area contributed by atoms with Crippen LogP contribution in [0.25, 0.3) is 11.4 Å². The van der Waals surface area contributed by atoms with E-state index in [9.17, 15) is 8.42 Å². The summed E-state index contributed by atoms with van der Waals surface area (Å²) in [6, 6.07) is 5.52. The number of sulfone groups is 1. The first-order valence-corrected chi connectivity index (χ1v) is 8.32. The van der Waals surface area contributed by atoms with Gasteiger partial charge in [0.25, 0.3) is 0 Å². The Morgan fingerprint density at radius 3 is 2.52 bits per heavy atom. The molecule has 2 N–H and O–H groups in total. The molecular formula is C13H19N5O2S. The largest absolute Gasteiger partial charge is 0.399 e. The van der Waals surface area contributed by atoms with Crippen molar-refractivity contribution in [2.75, 3.05) is 12.0 Å². The third-order valence-electron chi connectivity index (χ3n) is 3.42. The van der Waals surface area contributed by atoms with E-state index in [0.717, 1.165) is 11.1 Å². The second kappa shape index (κ2) is 5.10. The zero-order chi connectivity index (χ0) is 15.8. The number of nitrogens with zero attached hydrogens (tertiary/aromatic N) is 4. The molecule has 0 fully saturated rings. The Balaban J connectivity index is 2.44. The van der Waals surface area contributed by atoms with Crippen molar-refractivity contribution in [2.45, 2.75) is 32.1 Å². The van der Waals surface area contributed by atoms with E-state index in [2.05, 4.69) is 15.5 Å². The van der Waals surface area contributed by atoms with E-state index in [0.29, 0.717) is 11.5 Å². The van der Waals surface area contributed by atoms with Gasteiger partial charge in [-0.15, -0.1) is 5.10 Å². The third kappa shape index (κ3) is 3.21. The Bertz CT molecular complexity index is 744. The number of anilines is 1. The molecule has 0 aliphatic heterocycles. The Morgan fingerprint density at radius 1 is 1.29 bits per heavy atom. The van der Waals surface area contributed by atoms with E-state index in [1.54, 1.807) is 19.9 Å². The van der Waals surface area contributed by atoms with Crippen molar-refractivity contribution in [3.05, 3.63) is 23.8 Å². The third-order valence-corrected chi connectivity index (χ3v) is 5.56. The van der Waals surface area contributed by atoms with Crippen LogP contribution in [-0.4, -0.2) is 39.6 Å². The lowest BCUT2D eigenvalue weighted by molar-refractivity contribution is 0.471. The molecule has 2 aromatic rings. The van der Waals surface area contributed by atoms with Crippen LogP contribution in [0.4, 0.5) is 5.69 Å². The van der Waals surface area contributed by atoms with Gasteiger partial charge in [0.05, 0.1) is 11.3 Å². The van der Waals surface area contributed by atoms with Crippen LogP contribution in [0.5, 0.6) is 0 Å². The molecule has 7 nitrogen and oxygen atoms in total. The van der Waals surface area contributed by atoms with Gasteiger partial charge in [0.1, 0.15) is 0 Å². The van der Waals surface area contributed by atoms with E-state index >= 15 is 0 Å². The minimum Gasteiger partial charge on any atom is -0.399 e. The zero-order valence-corrected chi connectivity index (χ0v) is 13.3. The van der Waals surface area contributed by atoms with E-state index in [1.807, 2.05) is 19.1 Å². The van der Waals surface area contributed by atoms with E-state index in [1.165, 1.54) is 10.9 Å². The summed E-state index contributed by atoms with van der Waals surface area (Å²) in [4.78, 5) is 0. The highest BCUT2D eigenvalue weighted by molar-refractivity contribution is 7.92. The predicted molar refractivity (Wildman–Crippen MR) is 81.3 cm³/mol. The molecule has 0 radical (unpaired) electrons. The second-order valence-corrected chi connectivity index (χ2v) is 8.47. The van der Waals surface area contributed by atoms with Crippen LogP contribution in [-0.2, 0) is 16.4 Å². The summed E-state index contributed by atoms with van der Waals surface area (Å²) in [7, 11) is -3.23. The van der Waals surface area contributed by atoms with Crippen LogP contribution < -0.4 is 5.73 Å². The molecule has 1 heterocycles. The van der Waals surface area contributed by atoms with Gasteiger partial charge in [-0.2, -0.15) is 0 Å². The fourth-order valence-electron chi connectivity index (χ4n) is 1.94. The lowest BCUT2D eigenvalue weighted by Crippen LogP contribution is -2.36. The van der Waals surface area contributed by atoms with Gasteiger partial charge in [-0.05, 0) is 55.0 Å². The Morgan fingerprint density at radius 2 is 1.95 bits per heavy atom. The zero-order valence-electron chi connectivity index (χ0n) is 12.5. The number of benzene rings is 1. The first-order chi connectivity index (χ1) is 9.60. The maximum absolute atomic E-state index is 11.8. The summed E-state index contributed by atoms with van der Waals surface area (Å²) in [5.41, 5.74) is 8.20. The van der Waals surface area contributed by atoms with Crippen LogP contribution >= 0.6 is 0 Å². The van der Waals surface area contributed by atoms with Gasteiger partial charge >= 0.3 is 0 Å². The lowest BCUT2D eigenvalue weighted by atomic mass is 10.1. The fourth-order valence-corrected chi connectivity index (χ4v) is 2.29. The summed E-state index contributed by atoms with van der Waals surface area (Å²) >= 11 is 0. The highest BCUT2D eigenvalue weighted by Gasteiger charge is 2.32. The number of hydrogen-bond acceptors (Lipinski definition) is 6. The number of nitrogen functional groups attached to an aromatic ring is 1. The molecule has 21 heavy (non-hydrogen) atoms. The molecule has 0 amide bonds. The van der Waals surface area contributed by atoms with Crippen LogP contribution in [0.1, 0.15) is 19.4 Å². The van der Waals surface area contributed by atoms with Crippen molar-refractivity contribution in [1.29, 1.82) is 0 Å². The number of aromatic nitrogens is 4. The topological polar surface area (TPSA) is 104 Å². The molecule has 1 aromatic carbocycles. The van der Waals surface area contributed by atoms with Gasteiger partial charge in [0.2, 0.25) is 0 Å². The summed E-state index contributed by atoms with van der Waals surface area (Å²) in [5, 5.41) is 11.5. The van der Waals surface area contributed by atoms with Gasteiger partial charge in [-0.25, -0.2) is 13.1 Å². The van der Waals surface area contributed by atoms with Crippen LogP contribution in [0.3, 0.4) is 0 Å². The lowest BCUT2D eigenvalue weighted by Gasteiger charge is -2.22. The Labute approximate surface area is 124 Å². The van der Waals surface area contributed by atoms with Crippen molar-refractivity contribution in [2.24, 2.45) is 0 Å². The number of nitrogens with two attached hydrogens (primary N) is 1. The number of tetrazole rings is 1. The molecule has 0 bridgehead atoms. The number of aryl methyl sites for hydroxylation is 1. The molecule has 0 aliphatic rings. The number of rotatable bonds is 4. The van der Waals surface area contributed by atoms with Crippen LogP contribution in [0.2, 0.25) is 0 Å². The van der Waals surface area contributed by atoms with Crippen LogP contribution in [0.15, 0.2) is 18.2 Å². The van der Waals surface area contributed by atoms with Gasteiger partial charge in [0.15, 0.2) is 15.7 Å². The van der Waals surface area contributed by atoms with E-state index in [4.69, 9.17) is 5.73 Å². The fraction of sp³-hybridized carbons (Fsp3) is 0.462. The molecular weight excluding hydrogens is 290 g/mol. The molecule has 0 atom stereocenters. The van der Waals surface area contributed by atoms with E-state index < -0.39 is 14.6 Å². The van der Waals surface area contributed by atoms with Crippen molar-refractivity contribution in [3.8, 4) is 11.4 Å². The monoisotopic (exact) mass is 309 g/mol. The van der Waals surface area contributed by atoms with E-state index in [-0.39, 0.29) is 6.54 Å². The SMILES string of the molecule is Cc1cc(N)cc(-c2nnnn2CC(C)(C)S(C)(=O)=O)c1. The standard InChI is InChI=1S/C13H19N5O2S/c1-9-5-10(7-11(14)6-9)12-15-16-17-18(12)8-13(2,3)21(4,19)20/h5-7H,8,14H2,1-4H3. The van der Waals surface area contributed by atoms with Crippen molar-refractivity contribution < 1.29 is 8.42 Å². The van der Waals surface area contributed by atoms with Crippen molar-refractivity contribution in [1.82, 2.24) is 20.2 Å². The van der Waals surface area contributed by atoms with Crippen LogP contribution in [0, 0.1) is 6.92 Å². The van der Waals surface area contributed by atoms with Gasteiger partial charge in [0, 0.05) is 17.5 Å². The molecule has 0 unspecified atom stereocenters. The Hall–Kier alpha value is -1.96. The molecule has 0 saturated carbocycles. The summed E-state index contributed by atoms with van der Waals surface area (Å²) in [6.07, 6.45) is 1.21. The maximum Gasteiger partial charge on any atom is 0.182 e. The molecule has 2 rings (SSSR count). The molecule has 0 spiro atoms. The molecule has 0 aliphatic carbocycles. The van der Waals surface area contributed by atoms with Gasteiger partial charge < -0.3 is 5.73 Å². The second-order valence-electron chi connectivity index (χ2n) is 5.82. The molecule has 0 saturated heterocycles. The maximum atomic E-state index is 11.8. The highest BCUT2D eigenvalue weighted by Crippen LogP contribution is 2.24. The normalized spacial score (nSPS) is 12.6. The summed E-state index contributed by atoms with van der Waals surface area (Å²) in [6.45, 7) is 5.40. The first kappa shape index (κ1) is 15.4. The average Bonchev–Trinajstić information content (AvgIpc) is 2.73. The molecule has 1 aromatic heterocycles. The highest BCUT2D eigenvalue weighted by atomic mass is 32.2. The van der Waals surface area contributed by atoms with Crippen molar-refractivity contribution >= 4 is 15.5 Å². The predicted octanol–water partition coefficient (Wildman–Crippen LogP) is 1.05. The first-order valence-electron chi connectivity index (χ1n) is 6.43. The Kier molecular flexibility index (Phi) is 3.75. The minimum atomic E-state index is -3.23. The van der Waals surface area contributed by atoms with Crippen molar-refractivity contribution in [3.63, 3.8) is 0 Å². The number of hydrogen-bond donors (Lipinski definition) is 1. The minimum absolute atomic E-state index is 0.169. The van der Waals surface area contributed by atoms with Gasteiger partial charge in [-0.3, -0.25) is 0 Å². The quantitative estimate of drug-likeness (QED) is 0.847. The smallest absolute Gasteiger partial charge is 0.182 e.